The van der Waals surface area contributed by atoms with E-state index in [1.165, 1.54) is 16.2 Å². The van der Waals surface area contributed by atoms with E-state index in [1.807, 2.05) is 20.8 Å². The van der Waals surface area contributed by atoms with E-state index < -0.39 is 17.8 Å². The average Bonchev–Trinajstić information content (AvgIpc) is 2.82. The fraction of sp³-hybridized carbons (Fsp3) is 0.667. The van der Waals surface area contributed by atoms with Crippen molar-refractivity contribution < 1.29 is 14.6 Å². The average molecular weight is 285 g/mol. The van der Waals surface area contributed by atoms with E-state index in [4.69, 9.17) is 10.5 Å². The molecule has 2 atom stereocenters. The summed E-state index contributed by atoms with van der Waals surface area (Å²) >= 11 is 1.34. The molecular formula is C12H19N3O3S. The highest BCUT2D eigenvalue weighted by Gasteiger charge is 2.37. The summed E-state index contributed by atoms with van der Waals surface area (Å²) in [6, 6.07) is 0. The van der Waals surface area contributed by atoms with Crippen LogP contribution in [0.25, 0.3) is 0 Å². The fourth-order valence-corrected chi connectivity index (χ4v) is 2.85. The van der Waals surface area contributed by atoms with Gasteiger partial charge in [-0.05, 0) is 20.8 Å². The van der Waals surface area contributed by atoms with Gasteiger partial charge < -0.3 is 20.5 Å². The van der Waals surface area contributed by atoms with E-state index in [2.05, 4.69) is 4.98 Å². The number of carbonyl (C=O) groups is 1. The quantitative estimate of drug-likeness (QED) is 0.814. The highest BCUT2D eigenvalue weighted by Crippen LogP contribution is 2.32. The number of nitrogens with zero attached hydrogens (tertiary/aromatic N) is 2. The summed E-state index contributed by atoms with van der Waals surface area (Å²) in [6.45, 7) is 6.16. The van der Waals surface area contributed by atoms with Gasteiger partial charge in [0.1, 0.15) is 5.60 Å². The van der Waals surface area contributed by atoms with Gasteiger partial charge in [0.25, 0.3) is 0 Å². The molecule has 2 heterocycles. The van der Waals surface area contributed by atoms with Crippen LogP contribution in [0.15, 0.2) is 6.20 Å². The van der Waals surface area contributed by atoms with Crippen LogP contribution < -0.4 is 5.73 Å². The lowest BCUT2D eigenvalue weighted by Gasteiger charge is -2.24. The number of hydrogen-bond acceptors (Lipinski definition) is 6. The van der Waals surface area contributed by atoms with Gasteiger partial charge in [0, 0.05) is 23.5 Å². The second-order valence-electron chi connectivity index (χ2n) is 5.66. The normalized spacial score (nSPS) is 23.7. The lowest BCUT2D eigenvalue weighted by Crippen LogP contribution is -2.35. The number of carbonyl (C=O) groups excluding carboxylic acids is 1. The third kappa shape index (κ3) is 3.36. The van der Waals surface area contributed by atoms with E-state index in [0.717, 1.165) is 4.88 Å². The molecule has 19 heavy (non-hydrogen) atoms. The summed E-state index contributed by atoms with van der Waals surface area (Å²) in [5.41, 5.74) is 5.06. The van der Waals surface area contributed by atoms with Crippen molar-refractivity contribution in [2.45, 2.75) is 38.4 Å². The first-order chi connectivity index (χ1) is 8.76. The number of aliphatic hydroxyl groups is 1. The lowest BCUT2D eigenvalue weighted by atomic mass is 10.1. The topological polar surface area (TPSA) is 88.7 Å². The van der Waals surface area contributed by atoms with Crippen molar-refractivity contribution in [3.8, 4) is 0 Å². The van der Waals surface area contributed by atoms with Gasteiger partial charge in [-0.25, -0.2) is 9.78 Å². The Balaban J connectivity index is 2.03. The second kappa shape index (κ2) is 4.97. The Labute approximate surface area is 116 Å². The van der Waals surface area contributed by atoms with E-state index in [-0.39, 0.29) is 12.5 Å². The minimum atomic E-state index is -0.604. The van der Waals surface area contributed by atoms with E-state index in [0.29, 0.717) is 11.7 Å². The standard InChI is InChI=1S/C12H19N3O3S/c1-12(2,3)18-11(17)15-5-7(8(16)6-15)9-4-14-10(13)19-9/h4,7-8,16H,5-6H2,1-3H3,(H2,13,14). The number of aromatic nitrogens is 1. The molecule has 7 heteroatoms. The SMILES string of the molecule is CC(C)(C)OC(=O)N1CC(O)C(c2cnc(N)s2)C1. The van der Waals surface area contributed by atoms with Gasteiger partial charge in [0.05, 0.1) is 12.6 Å². The van der Waals surface area contributed by atoms with Crippen LogP contribution in [0, 0.1) is 0 Å². The summed E-state index contributed by atoms with van der Waals surface area (Å²) < 4.78 is 5.30. The number of anilines is 1. The van der Waals surface area contributed by atoms with Crippen molar-refractivity contribution in [1.29, 1.82) is 0 Å². The predicted molar refractivity (Wildman–Crippen MR) is 73.1 cm³/mol. The largest absolute Gasteiger partial charge is 0.444 e. The van der Waals surface area contributed by atoms with Crippen LogP contribution in [0.4, 0.5) is 9.93 Å². The number of aliphatic hydroxyl groups excluding tert-OH is 1. The molecule has 1 aromatic rings. The molecule has 1 fully saturated rings. The maximum atomic E-state index is 11.9. The summed E-state index contributed by atoms with van der Waals surface area (Å²) in [5.74, 6) is -0.137. The number of amides is 1. The first kappa shape index (κ1) is 14.1. The Bertz CT molecular complexity index is 469. The molecular weight excluding hydrogens is 266 g/mol. The molecule has 0 bridgehead atoms. The number of likely N-dealkylation sites (tertiary alicyclic amines) is 1. The van der Waals surface area contributed by atoms with Crippen molar-refractivity contribution in [3.05, 3.63) is 11.1 Å². The number of nitrogen functional groups attached to an aromatic ring is 1. The van der Waals surface area contributed by atoms with Gasteiger partial charge in [-0.2, -0.15) is 0 Å². The molecule has 1 aliphatic rings. The first-order valence-corrected chi connectivity index (χ1v) is 6.95. The van der Waals surface area contributed by atoms with Crippen molar-refractivity contribution in [1.82, 2.24) is 9.88 Å². The number of β-amino-alcohol motifs (C(OH)–C–C–N with tert-alkyl or cyclic N) is 1. The molecule has 6 nitrogen and oxygen atoms in total. The molecule has 1 aromatic heterocycles. The Morgan fingerprint density at radius 1 is 1.58 bits per heavy atom. The maximum Gasteiger partial charge on any atom is 0.410 e. The highest BCUT2D eigenvalue weighted by molar-refractivity contribution is 7.15. The van der Waals surface area contributed by atoms with Crippen molar-refractivity contribution in [3.63, 3.8) is 0 Å². The van der Waals surface area contributed by atoms with Gasteiger partial charge in [-0.3, -0.25) is 0 Å². The van der Waals surface area contributed by atoms with Gasteiger partial charge in [-0.1, -0.05) is 0 Å². The van der Waals surface area contributed by atoms with Crippen LogP contribution in [-0.4, -0.2) is 45.9 Å². The molecule has 0 saturated carbocycles. The van der Waals surface area contributed by atoms with E-state index >= 15 is 0 Å². The van der Waals surface area contributed by atoms with Crippen LogP contribution in [0.3, 0.4) is 0 Å². The molecule has 2 unspecified atom stereocenters. The number of thiazole rings is 1. The number of rotatable bonds is 1. The maximum absolute atomic E-state index is 11.9. The Morgan fingerprint density at radius 3 is 2.79 bits per heavy atom. The zero-order chi connectivity index (χ0) is 14.2. The van der Waals surface area contributed by atoms with Crippen LogP contribution in [-0.2, 0) is 4.74 Å². The Morgan fingerprint density at radius 2 is 2.26 bits per heavy atom. The fourth-order valence-electron chi connectivity index (χ4n) is 2.01. The van der Waals surface area contributed by atoms with Gasteiger partial charge in [0.15, 0.2) is 5.13 Å². The number of ether oxygens (including phenoxy) is 1. The molecule has 0 spiro atoms. The van der Waals surface area contributed by atoms with E-state index in [9.17, 15) is 9.90 Å². The summed E-state index contributed by atoms with van der Waals surface area (Å²) in [6.07, 6.45) is 0.658. The molecule has 0 aliphatic carbocycles. The third-order valence-corrected chi connectivity index (χ3v) is 3.81. The van der Waals surface area contributed by atoms with Crippen LogP contribution >= 0.6 is 11.3 Å². The Hall–Kier alpha value is -1.34. The highest BCUT2D eigenvalue weighted by atomic mass is 32.1. The molecule has 1 amide bonds. The number of hydrogen-bond donors (Lipinski definition) is 2. The first-order valence-electron chi connectivity index (χ1n) is 6.13. The molecule has 2 rings (SSSR count). The van der Waals surface area contributed by atoms with Crippen LogP contribution in [0.1, 0.15) is 31.6 Å². The van der Waals surface area contributed by atoms with E-state index in [1.54, 1.807) is 6.20 Å². The van der Waals surface area contributed by atoms with Gasteiger partial charge in [0.2, 0.25) is 0 Å². The smallest absolute Gasteiger partial charge is 0.410 e. The molecule has 0 aromatic carbocycles. The molecule has 1 aliphatic heterocycles. The monoisotopic (exact) mass is 285 g/mol. The Kier molecular flexibility index (Phi) is 3.69. The predicted octanol–water partition coefficient (Wildman–Crippen LogP) is 1.42. The van der Waals surface area contributed by atoms with Gasteiger partial charge >= 0.3 is 6.09 Å². The molecule has 1 saturated heterocycles. The third-order valence-electron chi connectivity index (χ3n) is 2.85. The van der Waals surface area contributed by atoms with Crippen molar-refractivity contribution in [2.75, 3.05) is 18.8 Å². The minimum absolute atomic E-state index is 0.137. The second-order valence-corrected chi connectivity index (χ2v) is 6.75. The minimum Gasteiger partial charge on any atom is -0.444 e. The lowest BCUT2D eigenvalue weighted by molar-refractivity contribution is 0.0270. The summed E-state index contributed by atoms with van der Waals surface area (Å²) in [7, 11) is 0. The van der Waals surface area contributed by atoms with Crippen LogP contribution in [0.5, 0.6) is 0 Å². The molecule has 0 radical (unpaired) electrons. The molecule has 106 valence electrons. The van der Waals surface area contributed by atoms with Gasteiger partial charge in [-0.15, -0.1) is 11.3 Å². The van der Waals surface area contributed by atoms with Crippen molar-refractivity contribution >= 4 is 22.6 Å². The molecule has 3 N–H and O–H groups in total. The zero-order valence-corrected chi connectivity index (χ0v) is 12.1. The van der Waals surface area contributed by atoms with Crippen molar-refractivity contribution in [2.24, 2.45) is 0 Å². The summed E-state index contributed by atoms with van der Waals surface area (Å²) in [5, 5.41) is 10.5. The van der Waals surface area contributed by atoms with Crippen LogP contribution in [0.2, 0.25) is 0 Å². The number of nitrogens with two attached hydrogens (primary N) is 1. The zero-order valence-electron chi connectivity index (χ0n) is 11.3. The summed E-state index contributed by atoms with van der Waals surface area (Å²) in [4.78, 5) is 18.3.